The first kappa shape index (κ1) is 10.3. The van der Waals surface area contributed by atoms with Crippen molar-refractivity contribution in [2.45, 2.75) is 6.10 Å². The molecule has 66 valence electrons. The molecule has 5 heteroatoms. The number of aliphatic hydroxyl groups is 1. The van der Waals surface area contributed by atoms with Crippen molar-refractivity contribution in [1.29, 1.82) is 0 Å². The Bertz CT molecular complexity index is 282. The molecular weight excluding hydrogens is 265 g/mol. The van der Waals surface area contributed by atoms with E-state index in [1.807, 2.05) is 0 Å². The third kappa shape index (κ3) is 2.33. The lowest BCUT2D eigenvalue weighted by Crippen LogP contribution is -2.00. The van der Waals surface area contributed by atoms with Crippen molar-refractivity contribution in [3.05, 3.63) is 27.5 Å². The lowest BCUT2D eigenvalue weighted by atomic mass is 10.2. The maximum Gasteiger partial charge on any atom is 0.134 e. The van der Waals surface area contributed by atoms with E-state index in [4.69, 9.17) is 23.2 Å². The van der Waals surface area contributed by atoms with Crippen LogP contribution < -0.4 is 0 Å². The second-order valence-electron chi connectivity index (χ2n) is 2.20. The number of rotatable bonds is 2. The van der Waals surface area contributed by atoms with Gasteiger partial charge in [0, 0.05) is 16.2 Å². The summed E-state index contributed by atoms with van der Waals surface area (Å²) in [5.41, 5.74) is 0.543. The van der Waals surface area contributed by atoms with E-state index >= 15 is 0 Å². The molecule has 1 heterocycles. The largest absolute Gasteiger partial charge is 0.387 e. The number of aromatic nitrogens is 1. The number of hydrogen-bond donors (Lipinski definition) is 1. The molecule has 0 aliphatic carbocycles. The van der Waals surface area contributed by atoms with Gasteiger partial charge in [0.15, 0.2) is 0 Å². The topological polar surface area (TPSA) is 33.1 Å². The number of halogens is 3. The first-order valence-corrected chi connectivity index (χ1v) is 4.90. The van der Waals surface area contributed by atoms with Gasteiger partial charge in [0.2, 0.25) is 0 Å². The highest BCUT2D eigenvalue weighted by Gasteiger charge is 2.11. The Labute approximate surface area is 88.6 Å². The van der Waals surface area contributed by atoms with Crippen LogP contribution in [0.5, 0.6) is 0 Å². The quantitative estimate of drug-likeness (QED) is 0.662. The van der Waals surface area contributed by atoms with E-state index in [1.165, 1.54) is 0 Å². The minimum Gasteiger partial charge on any atom is -0.387 e. The molecule has 0 radical (unpaired) electrons. The SMILES string of the molecule is OC(CCl)c1cc(Br)cnc1Cl. The number of aliphatic hydroxyl groups excluding tert-OH is 1. The summed E-state index contributed by atoms with van der Waals surface area (Å²) in [6, 6.07) is 1.70. The van der Waals surface area contributed by atoms with Crippen molar-refractivity contribution < 1.29 is 5.11 Å². The number of nitrogens with zero attached hydrogens (tertiary/aromatic N) is 1. The summed E-state index contributed by atoms with van der Waals surface area (Å²) in [7, 11) is 0. The Balaban J connectivity index is 3.04. The molecule has 1 N–H and O–H groups in total. The van der Waals surface area contributed by atoms with Crippen LogP contribution in [0.1, 0.15) is 11.7 Å². The first-order valence-electron chi connectivity index (χ1n) is 3.20. The van der Waals surface area contributed by atoms with Crippen molar-refractivity contribution in [3.8, 4) is 0 Å². The Hall–Kier alpha value is 0.170. The van der Waals surface area contributed by atoms with Crippen LogP contribution in [0.15, 0.2) is 16.7 Å². The van der Waals surface area contributed by atoms with Gasteiger partial charge in [-0.15, -0.1) is 11.6 Å². The molecule has 1 unspecified atom stereocenters. The highest BCUT2D eigenvalue weighted by Crippen LogP contribution is 2.24. The average molecular weight is 271 g/mol. The van der Waals surface area contributed by atoms with Gasteiger partial charge in [-0.3, -0.25) is 0 Å². The first-order chi connectivity index (χ1) is 5.65. The van der Waals surface area contributed by atoms with Crippen molar-refractivity contribution in [2.24, 2.45) is 0 Å². The fraction of sp³-hybridized carbons (Fsp3) is 0.286. The van der Waals surface area contributed by atoms with Crippen LogP contribution in [0.3, 0.4) is 0 Å². The Morgan fingerprint density at radius 1 is 1.67 bits per heavy atom. The molecule has 0 fully saturated rings. The third-order valence-electron chi connectivity index (χ3n) is 1.34. The average Bonchev–Trinajstić information content (AvgIpc) is 2.08. The molecule has 1 rings (SSSR count). The molecule has 2 nitrogen and oxygen atoms in total. The van der Waals surface area contributed by atoms with E-state index in [9.17, 15) is 5.11 Å². The summed E-state index contributed by atoms with van der Waals surface area (Å²) in [4.78, 5) is 3.85. The molecule has 1 aromatic rings. The van der Waals surface area contributed by atoms with Crippen LogP contribution >= 0.6 is 39.1 Å². The minimum absolute atomic E-state index is 0.109. The summed E-state index contributed by atoms with van der Waals surface area (Å²) in [5.74, 6) is 0.109. The standard InChI is InChI=1S/C7H6BrCl2NO/c8-4-1-5(6(12)2-9)7(10)11-3-4/h1,3,6,12H,2H2. The van der Waals surface area contributed by atoms with Crippen molar-refractivity contribution in [3.63, 3.8) is 0 Å². The summed E-state index contributed by atoms with van der Waals surface area (Å²) < 4.78 is 0.770. The van der Waals surface area contributed by atoms with E-state index in [-0.39, 0.29) is 11.0 Å². The lowest BCUT2D eigenvalue weighted by molar-refractivity contribution is 0.202. The summed E-state index contributed by atoms with van der Waals surface area (Å²) in [5, 5.41) is 9.64. The number of hydrogen-bond acceptors (Lipinski definition) is 2. The molecule has 1 atom stereocenters. The molecule has 0 aliphatic heterocycles. The van der Waals surface area contributed by atoms with Crippen LogP contribution in [0.25, 0.3) is 0 Å². The van der Waals surface area contributed by atoms with Crippen LogP contribution in [0.4, 0.5) is 0 Å². The third-order valence-corrected chi connectivity index (χ3v) is 2.38. The van der Waals surface area contributed by atoms with Gasteiger partial charge < -0.3 is 5.11 Å². The molecule has 0 amide bonds. The zero-order valence-electron chi connectivity index (χ0n) is 5.97. The Kier molecular flexibility index (Phi) is 3.77. The smallest absolute Gasteiger partial charge is 0.134 e. The van der Waals surface area contributed by atoms with Gasteiger partial charge in [-0.1, -0.05) is 11.6 Å². The predicted octanol–water partition coefficient (Wildman–Crippen LogP) is 2.77. The molecule has 1 aromatic heterocycles. The Morgan fingerprint density at radius 2 is 2.33 bits per heavy atom. The van der Waals surface area contributed by atoms with Gasteiger partial charge in [0.05, 0.1) is 12.0 Å². The van der Waals surface area contributed by atoms with Crippen LogP contribution in [-0.2, 0) is 0 Å². The Morgan fingerprint density at radius 3 is 2.92 bits per heavy atom. The van der Waals surface area contributed by atoms with E-state index in [0.29, 0.717) is 5.56 Å². The van der Waals surface area contributed by atoms with E-state index in [2.05, 4.69) is 20.9 Å². The van der Waals surface area contributed by atoms with E-state index in [1.54, 1.807) is 12.3 Å². The normalized spacial score (nSPS) is 13.0. The molecule has 0 saturated carbocycles. The second kappa shape index (κ2) is 4.42. The van der Waals surface area contributed by atoms with Gasteiger partial charge >= 0.3 is 0 Å². The molecule has 0 aliphatic rings. The van der Waals surface area contributed by atoms with E-state index in [0.717, 1.165) is 4.47 Å². The van der Waals surface area contributed by atoms with E-state index < -0.39 is 6.10 Å². The number of pyridine rings is 1. The minimum atomic E-state index is -0.760. The van der Waals surface area contributed by atoms with Crippen LogP contribution in [0.2, 0.25) is 5.15 Å². The molecule has 0 spiro atoms. The zero-order chi connectivity index (χ0) is 9.14. The van der Waals surface area contributed by atoms with Gasteiger partial charge in [-0.05, 0) is 22.0 Å². The molecule has 0 aromatic carbocycles. The highest BCUT2D eigenvalue weighted by molar-refractivity contribution is 9.10. The van der Waals surface area contributed by atoms with Gasteiger partial charge in [0.25, 0.3) is 0 Å². The molecule has 0 bridgehead atoms. The second-order valence-corrected chi connectivity index (χ2v) is 3.79. The van der Waals surface area contributed by atoms with Gasteiger partial charge in [0.1, 0.15) is 5.15 Å². The fourth-order valence-corrected chi connectivity index (χ4v) is 1.50. The van der Waals surface area contributed by atoms with Gasteiger partial charge in [-0.2, -0.15) is 0 Å². The van der Waals surface area contributed by atoms with Crippen molar-refractivity contribution in [1.82, 2.24) is 4.98 Å². The summed E-state index contributed by atoms with van der Waals surface area (Å²) in [6.07, 6.45) is 0.802. The molecular formula is C7H6BrCl2NO. The lowest BCUT2D eigenvalue weighted by Gasteiger charge is -2.08. The molecule has 0 saturated heterocycles. The number of alkyl halides is 1. The van der Waals surface area contributed by atoms with Crippen molar-refractivity contribution in [2.75, 3.05) is 5.88 Å². The maximum absolute atomic E-state index is 9.36. The van der Waals surface area contributed by atoms with Crippen LogP contribution in [-0.4, -0.2) is 16.0 Å². The zero-order valence-corrected chi connectivity index (χ0v) is 9.07. The van der Waals surface area contributed by atoms with Crippen molar-refractivity contribution >= 4 is 39.1 Å². The maximum atomic E-state index is 9.36. The predicted molar refractivity (Wildman–Crippen MR) is 52.6 cm³/mol. The van der Waals surface area contributed by atoms with Crippen LogP contribution in [0, 0.1) is 0 Å². The fourth-order valence-electron chi connectivity index (χ4n) is 0.755. The summed E-state index contributed by atoms with van der Waals surface area (Å²) in [6.45, 7) is 0. The summed E-state index contributed by atoms with van der Waals surface area (Å²) >= 11 is 14.4. The molecule has 12 heavy (non-hydrogen) atoms. The highest BCUT2D eigenvalue weighted by atomic mass is 79.9. The monoisotopic (exact) mass is 269 g/mol. The van der Waals surface area contributed by atoms with Gasteiger partial charge in [-0.25, -0.2) is 4.98 Å².